The van der Waals surface area contributed by atoms with Gasteiger partial charge in [0.15, 0.2) is 4.80 Å². The Morgan fingerprint density at radius 1 is 1.10 bits per heavy atom. The van der Waals surface area contributed by atoms with Crippen LogP contribution in [0.3, 0.4) is 0 Å². The Hall–Kier alpha value is -2.38. The molecule has 0 radical (unpaired) electrons. The van der Waals surface area contributed by atoms with Gasteiger partial charge in [-0.25, -0.2) is 4.79 Å². The monoisotopic (exact) mass is 440 g/mol. The second-order valence-electron chi connectivity index (χ2n) is 7.31. The Morgan fingerprint density at radius 2 is 1.87 bits per heavy atom. The molecule has 156 valence electrons. The Morgan fingerprint density at radius 3 is 2.63 bits per heavy atom. The van der Waals surface area contributed by atoms with Gasteiger partial charge in [-0.1, -0.05) is 17.4 Å². The number of fused-ring (bicyclic) bond motifs is 2. The van der Waals surface area contributed by atoms with Gasteiger partial charge in [-0.2, -0.15) is 16.8 Å². The summed E-state index contributed by atoms with van der Waals surface area (Å²) in [6.07, 6.45) is 6.57. The number of rotatable bonds is 5. The van der Waals surface area contributed by atoms with E-state index >= 15 is 0 Å². The minimum atomic E-state index is -0.371. The minimum Gasteiger partial charge on any atom is -0.465 e. The molecule has 2 aromatic carbocycles. The number of hydrogen-bond acceptors (Lipinski definition) is 5. The molecule has 7 heteroatoms. The normalized spacial score (nSPS) is 14.0. The van der Waals surface area contributed by atoms with Crippen molar-refractivity contribution in [2.75, 3.05) is 19.1 Å². The zero-order valence-corrected chi connectivity index (χ0v) is 18.8. The van der Waals surface area contributed by atoms with Crippen LogP contribution in [-0.4, -0.2) is 35.6 Å². The van der Waals surface area contributed by atoms with Crippen molar-refractivity contribution in [3.8, 4) is 0 Å². The Bertz CT molecular complexity index is 1180. The number of thiazole rings is 1. The van der Waals surface area contributed by atoms with Crippen molar-refractivity contribution < 1.29 is 14.3 Å². The number of nitrogens with zero attached hydrogens (tertiary/aromatic N) is 2. The third kappa shape index (κ3) is 4.23. The van der Waals surface area contributed by atoms with E-state index in [9.17, 15) is 9.59 Å². The molecule has 3 aromatic rings. The number of carbonyl (C=O) groups is 2. The van der Waals surface area contributed by atoms with Gasteiger partial charge in [0.2, 0.25) is 0 Å². The van der Waals surface area contributed by atoms with E-state index in [-0.39, 0.29) is 11.9 Å². The summed E-state index contributed by atoms with van der Waals surface area (Å²) < 4.78 is 7.81. The number of amides is 1. The van der Waals surface area contributed by atoms with Gasteiger partial charge in [0.05, 0.1) is 22.9 Å². The number of aromatic nitrogens is 1. The van der Waals surface area contributed by atoms with Crippen molar-refractivity contribution in [2.45, 2.75) is 32.2 Å². The molecule has 0 bridgehead atoms. The highest BCUT2D eigenvalue weighted by atomic mass is 32.2. The molecule has 0 atom stereocenters. The molecule has 4 rings (SSSR count). The predicted molar refractivity (Wildman–Crippen MR) is 123 cm³/mol. The number of carbonyl (C=O) groups excluding carboxylic acids is 2. The van der Waals surface area contributed by atoms with E-state index < -0.39 is 0 Å². The molecule has 0 fully saturated rings. The van der Waals surface area contributed by atoms with Crippen LogP contribution in [0.1, 0.15) is 44.7 Å². The molecule has 1 heterocycles. The number of esters is 1. The van der Waals surface area contributed by atoms with Gasteiger partial charge in [-0.3, -0.25) is 4.79 Å². The molecule has 1 aromatic heterocycles. The number of thioether (sulfide) groups is 1. The zero-order valence-electron chi connectivity index (χ0n) is 17.1. The average Bonchev–Trinajstić information content (AvgIpc) is 3.12. The number of ether oxygens (including phenoxy) is 1. The van der Waals surface area contributed by atoms with Crippen LogP contribution in [0.4, 0.5) is 0 Å². The van der Waals surface area contributed by atoms with Crippen LogP contribution in [0, 0.1) is 0 Å². The predicted octanol–water partition coefficient (Wildman–Crippen LogP) is 4.47. The fraction of sp³-hybridized carbons (Fsp3) is 0.348. The third-order valence-corrected chi connectivity index (χ3v) is 7.05. The van der Waals surface area contributed by atoms with Crippen molar-refractivity contribution in [1.82, 2.24) is 4.57 Å². The summed E-state index contributed by atoms with van der Waals surface area (Å²) in [4.78, 5) is 30.0. The fourth-order valence-electron chi connectivity index (χ4n) is 3.82. The van der Waals surface area contributed by atoms with Gasteiger partial charge in [-0.15, -0.1) is 0 Å². The number of benzene rings is 2. The number of aryl methyl sites for hydroxylation is 3. The summed E-state index contributed by atoms with van der Waals surface area (Å²) in [5.74, 6) is 0.316. The highest BCUT2D eigenvalue weighted by Crippen LogP contribution is 2.23. The highest BCUT2D eigenvalue weighted by molar-refractivity contribution is 7.98. The molecule has 0 aliphatic heterocycles. The molecule has 1 aliphatic rings. The second kappa shape index (κ2) is 9.18. The van der Waals surface area contributed by atoms with E-state index in [1.165, 1.54) is 42.4 Å². The molecule has 0 unspecified atom stereocenters. The SMILES string of the molecule is COC(=O)c1ccc2c(c1)sc(=NC(=O)c1ccc3c(c1)CCCC3)n2CCSC. The smallest absolute Gasteiger partial charge is 0.337 e. The molecular weight excluding hydrogens is 416 g/mol. The Labute approximate surface area is 183 Å². The van der Waals surface area contributed by atoms with Crippen molar-refractivity contribution in [2.24, 2.45) is 4.99 Å². The lowest BCUT2D eigenvalue weighted by Crippen LogP contribution is -2.18. The lowest BCUT2D eigenvalue weighted by Gasteiger charge is -2.15. The maximum absolute atomic E-state index is 13.0. The Kier molecular flexibility index (Phi) is 6.39. The summed E-state index contributed by atoms with van der Waals surface area (Å²) in [5, 5.41) is 0. The molecule has 30 heavy (non-hydrogen) atoms. The van der Waals surface area contributed by atoms with Crippen LogP contribution in [0.2, 0.25) is 0 Å². The van der Waals surface area contributed by atoms with Gasteiger partial charge in [0, 0.05) is 17.9 Å². The van der Waals surface area contributed by atoms with E-state index in [0.717, 1.165) is 35.4 Å². The standard InChI is InChI=1S/C23H24N2O3S2/c1-28-22(27)18-9-10-19-20(14-18)30-23(25(19)11-12-29-2)24-21(26)17-8-7-15-5-3-4-6-16(15)13-17/h7-10,13-14H,3-6,11-12H2,1-2H3. The van der Waals surface area contributed by atoms with Crippen LogP contribution in [-0.2, 0) is 24.1 Å². The fourth-order valence-corrected chi connectivity index (χ4v) is 5.28. The molecule has 0 N–H and O–H groups in total. The van der Waals surface area contributed by atoms with Gasteiger partial charge in [-0.05, 0) is 73.4 Å². The molecular formula is C23H24N2O3S2. The van der Waals surface area contributed by atoms with E-state index in [0.29, 0.717) is 15.9 Å². The van der Waals surface area contributed by atoms with E-state index in [4.69, 9.17) is 4.74 Å². The summed E-state index contributed by atoms with van der Waals surface area (Å²) >= 11 is 3.17. The number of methoxy groups -OCH3 is 1. The molecule has 0 spiro atoms. The summed E-state index contributed by atoms with van der Waals surface area (Å²) in [7, 11) is 1.37. The van der Waals surface area contributed by atoms with Crippen molar-refractivity contribution >= 4 is 45.2 Å². The van der Waals surface area contributed by atoms with Crippen LogP contribution >= 0.6 is 23.1 Å². The lowest BCUT2D eigenvalue weighted by molar-refractivity contribution is 0.0601. The topological polar surface area (TPSA) is 60.7 Å². The van der Waals surface area contributed by atoms with Crippen molar-refractivity contribution in [1.29, 1.82) is 0 Å². The van der Waals surface area contributed by atoms with Crippen LogP contribution in [0.5, 0.6) is 0 Å². The van der Waals surface area contributed by atoms with Gasteiger partial charge in [0.1, 0.15) is 0 Å². The first-order valence-corrected chi connectivity index (χ1v) is 12.2. The maximum atomic E-state index is 13.0. The van der Waals surface area contributed by atoms with Gasteiger partial charge >= 0.3 is 5.97 Å². The lowest BCUT2D eigenvalue weighted by atomic mass is 9.90. The van der Waals surface area contributed by atoms with Crippen LogP contribution in [0.15, 0.2) is 41.4 Å². The zero-order chi connectivity index (χ0) is 21.1. The van der Waals surface area contributed by atoms with Crippen molar-refractivity contribution in [3.05, 3.63) is 63.5 Å². The highest BCUT2D eigenvalue weighted by Gasteiger charge is 2.15. The number of hydrogen-bond donors (Lipinski definition) is 0. The van der Waals surface area contributed by atoms with Gasteiger partial charge in [0.25, 0.3) is 5.91 Å². The van der Waals surface area contributed by atoms with Gasteiger partial charge < -0.3 is 9.30 Å². The summed E-state index contributed by atoms with van der Waals surface area (Å²) in [6.45, 7) is 0.745. The quantitative estimate of drug-likeness (QED) is 0.549. The molecule has 1 aliphatic carbocycles. The first-order valence-electron chi connectivity index (χ1n) is 10.0. The molecule has 0 saturated carbocycles. The minimum absolute atomic E-state index is 0.221. The van der Waals surface area contributed by atoms with Crippen LogP contribution < -0.4 is 4.80 Å². The largest absolute Gasteiger partial charge is 0.465 e. The first kappa shape index (κ1) is 20.9. The molecule has 5 nitrogen and oxygen atoms in total. The second-order valence-corrected chi connectivity index (χ2v) is 9.31. The van der Waals surface area contributed by atoms with E-state index in [2.05, 4.69) is 21.9 Å². The summed E-state index contributed by atoms with van der Waals surface area (Å²) in [6, 6.07) is 11.4. The van der Waals surface area contributed by atoms with Crippen molar-refractivity contribution in [3.63, 3.8) is 0 Å². The van der Waals surface area contributed by atoms with Crippen LogP contribution in [0.25, 0.3) is 10.2 Å². The molecule has 1 amide bonds. The average molecular weight is 441 g/mol. The molecule has 0 saturated heterocycles. The Balaban J connectivity index is 1.76. The van der Waals surface area contributed by atoms with E-state index in [1.54, 1.807) is 17.8 Å². The maximum Gasteiger partial charge on any atom is 0.337 e. The third-order valence-electron chi connectivity index (χ3n) is 5.42. The first-order chi connectivity index (χ1) is 14.6. The van der Waals surface area contributed by atoms with E-state index in [1.807, 2.05) is 24.3 Å². The summed E-state index contributed by atoms with van der Waals surface area (Å²) in [5.41, 5.74) is 4.73.